The monoisotopic (exact) mass is 382 g/mol. The summed E-state index contributed by atoms with van der Waals surface area (Å²) < 4.78 is 10.1. The fourth-order valence-corrected chi connectivity index (χ4v) is 3.52. The van der Waals surface area contributed by atoms with E-state index in [1.54, 1.807) is 12.1 Å². The van der Waals surface area contributed by atoms with Gasteiger partial charge in [0.2, 0.25) is 5.76 Å². The average molecular weight is 382 g/mol. The van der Waals surface area contributed by atoms with Crippen LogP contribution in [0.3, 0.4) is 0 Å². The van der Waals surface area contributed by atoms with E-state index in [0.717, 1.165) is 28.8 Å². The van der Waals surface area contributed by atoms with Crippen LogP contribution >= 0.6 is 11.8 Å². The van der Waals surface area contributed by atoms with Crippen molar-refractivity contribution in [1.82, 2.24) is 10.3 Å². The molecule has 4 rings (SSSR count). The van der Waals surface area contributed by atoms with Crippen LogP contribution in [0.15, 0.2) is 51.9 Å². The quantitative estimate of drug-likeness (QED) is 0.516. The van der Waals surface area contributed by atoms with Crippen LogP contribution in [0.5, 0.6) is 0 Å². The number of para-hydroxylation sites is 1. The zero-order valence-electron chi connectivity index (χ0n) is 14.7. The Labute approximate surface area is 160 Å². The van der Waals surface area contributed by atoms with Crippen LogP contribution in [0.1, 0.15) is 39.5 Å². The number of pyridine rings is 1. The maximum absolute atomic E-state index is 12.6. The molecule has 1 amide bonds. The lowest BCUT2D eigenvalue weighted by molar-refractivity contribution is 0.0563. The van der Waals surface area contributed by atoms with Crippen LogP contribution in [-0.2, 0) is 10.5 Å². The van der Waals surface area contributed by atoms with Gasteiger partial charge in [-0.1, -0.05) is 30.0 Å². The molecule has 0 radical (unpaired) electrons. The molecule has 1 N–H and O–H groups in total. The van der Waals surface area contributed by atoms with Gasteiger partial charge in [-0.2, -0.15) is 0 Å². The lowest BCUT2D eigenvalue weighted by Crippen LogP contribution is -2.25. The molecule has 1 aliphatic rings. The first-order valence-electron chi connectivity index (χ1n) is 8.64. The van der Waals surface area contributed by atoms with E-state index >= 15 is 0 Å². The number of benzene rings is 1. The molecule has 27 heavy (non-hydrogen) atoms. The third-order valence-electron chi connectivity index (χ3n) is 4.26. The van der Waals surface area contributed by atoms with Crippen molar-refractivity contribution in [3.63, 3.8) is 0 Å². The molecular formula is C20H18N2O4S. The van der Waals surface area contributed by atoms with E-state index in [9.17, 15) is 9.59 Å². The fourth-order valence-electron chi connectivity index (χ4n) is 2.71. The Morgan fingerprint density at radius 3 is 2.85 bits per heavy atom. The van der Waals surface area contributed by atoms with Gasteiger partial charge in [0, 0.05) is 11.4 Å². The van der Waals surface area contributed by atoms with Gasteiger partial charge in [-0.3, -0.25) is 4.79 Å². The molecule has 6 nitrogen and oxygen atoms in total. The van der Waals surface area contributed by atoms with Gasteiger partial charge in [0.15, 0.2) is 0 Å². The summed E-state index contributed by atoms with van der Waals surface area (Å²) in [5.41, 5.74) is 1.41. The minimum atomic E-state index is -0.505. The summed E-state index contributed by atoms with van der Waals surface area (Å²) in [6.45, 7) is 0. The molecular weight excluding hydrogens is 364 g/mol. The van der Waals surface area contributed by atoms with Gasteiger partial charge in [-0.25, -0.2) is 9.78 Å². The number of furan rings is 1. The highest BCUT2D eigenvalue weighted by Gasteiger charge is 2.25. The zero-order valence-corrected chi connectivity index (χ0v) is 15.5. The SMILES string of the molecule is COC(=O)c1ccc(CSc2cc(C(=O)NC3CC3)c3ccccc3n2)o1. The number of hydrogen-bond donors (Lipinski definition) is 1. The summed E-state index contributed by atoms with van der Waals surface area (Å²) in [5.74, 6) is 0.730. The molecule has 0 spiro atoms. The second-order valence-electron chi connectivity index (χ2n) is 6.32. The molecule has 1 fully saturated rings. The Morgan fingerprint density at radius 1 is 1.26 bits per heavy atom. The van der Waals surface area contributed by atoms with Crippen molar-refractivity contribution >= 4 is 34.5 Å². The van der Waals surface area contributed by atoms with Gasteiger partial charge < -0.3 is 14.5 Å². The van der Waals surface area contributed by atoms with Gasteiger partial charge >= 0.3 is 5.97 Å². The van der Waals surface area contributed by atoms with Crippen molar-refractivity contribution in [3.05, 3.63) is 59.5 Å². The molecule has 2 aromatic heterocycles. The third kappa shape index (κ3) is 3.98. The minimum Gasteiger partial charge on any atom is -0.463 e. The summed E-state index contributed by atoms with van der Waals surface area (Å²) in [6, 6.07) is 13.0. The maximum Gasteiger partial charge on any atom is 0.373 e. The number of carbonyl (C=O) groups excluding carboxylic acids is 2. The van der Waals surface area contributed by atoms with Crippen LogP contribution in [0.25, 0.3) is 10.9 Å². The number of methoxy groups -OCH3 is 1. The number of nitrogens with zero attached hydrogens (tertiary/aromatic N) is 1. The van der Waals surface area contributed by atoms with Gasteiger partial charge in [0.05, 0.1) is 29.0 Å². The molecule has 1 aliphatic carbocycles. The normalized spacial score (nSPS) is 13.5. The van der Waals surface area contributed by atoms with Crippen LogP contribution < -0.4 is 5.32 Å². The smallest absolute Gasteiger partial charge is 0.373 e. The number of rotatable bonds is 6. The number of carbonyl (C=O) groups is 2. The Kier molecular flexibility index (Phi) is 4.85. The number of ether oxygens (including phenoxy) is 1. The second kappa shape index (κ2) is 7.44. The van der Waals surface area contributed by atoms with E-state index in [-0.39, 0.29) is 11.7 Å². The van der Waals surface area contributed by atoms with Gasteiger partial charge in [0.25, 0.3) is 5.91 Å². The van der Waals surface area contributed by atoms with E-state index in [4.69, 9.17) is 4.42 Å². The molecule has 0 atom stereocenters. The van der Waals surface area contributed by atoms with Gasteiger partial charge in [0.1, 0.15) is 5.76 Å². The lowest BCUT2D eigenvalue weighted by Gasteiger charge is -2.09. The molecule has 1 aromatic carbocycles. The van der Waals surface area contributed by atoms with Crippen LogP contribution in [-0.4, -0.2) is 30.0 Å². The fraction of sp³-hybridized carbons (Fsp3) is 0.250. The van der Waals surface area contributed by atoms with E-state index in [1.807, 2.05) is 30.3 Å². The molecule has 3 aromatic rings. The second-order valence-corrected chi connectivity index (χ2v) is 7.31. The van der Waals surface area contributed by atoms with Crippen molar-refractivity contribution in [2.75, 3.05) is 7.11 Å². The zero-order chi connectivity index (χ0) is 18.8. The minimum absolute atomic E-state index is 0.0658. The van der Waals surface area contributed by atoms with Crippen molar-refractivity contribution < 1.29 is 18.7 Å². The van der Waals surface area contributed by atoms with Crippen molar-refractivity contribution in [2.24, 2.45) is 0 Å². The number of thioether (sulfide) groups is 1. The summed E-state index contributed by atoms with van der Waals surface area (Å²) in [6.07, 6.45) is 2.08. The highest BCUT2D eigenvalue weighted by Crippen LogP contribution is 2.28. The molecule has 0 unspecified atom stereocenters. The van der Waals surface area contributed by atoms with Crippen LogP contribution in [0.2, 0.25) is 0 Å². The highest BCUT2D eigenvalue weighted by atomic mass is 32.2. The van der Waals surface area contributed by atoms with E-state index in [1.165, 1.54) is 18.9 Å². The molecule has 0 saturated heterocycles. The summed E-state index contributed by atoms with van der Waals surface area (Å²) in [4.78, 5) is 28.7. The Balaban J connectivity index is 1.57. The number of fused-ring (bicyclic) bond motifs is 1. The van der Waals surface area contributed by atoms with Gasteiger partial charge in [-0.05, 0) is 37.1 Å². The van der Waals surface area contributed by atoms with Crippen LogP contribution in [0.4, 0.5) is 0 Å². The summed E-state index contributed by atoms with van der Waals surface area (Å²) in [5, 5.41) is 4.61. The number of hydrogen-bond acceptors (Lipinski definition) is 6. The highest BCUT2D eigenvalue weighted by molar-refractivity contribution is 7.98. The predicted octanol–water partition coefficient (Wildman–Crippen LogP) is 3.80. The standard InChI is InChI=1S/C20H18N2O4S/c1-25-20(24)17-9-8-13(26-17)11-27-18-10-15(19(23)21-12-6-7-12)14-4-2-3-5-16(14)22-18/h2-5,8-10,12H,6-7,11H2,1H3,(H,21,23). The Morgan fingerprint density at radius 2 is 2.07 bits per heavy atom. The Hall–Kier alpha value is -2.80. The number of nitrogens with one attached hydrogen (secondary N) is 1. The molecule has 0 bridgehead atoms. The predicted molar refractivity (Wildman–Crippen MR) is 102 cm³/mol. The first-order valence-corrected chi connectivity index (χ1v) is 9.63. The lowest BCUT2D eigenvalue weighted by atomic mass is 10.1. The van der Waals surface area contributed by atoms with E-state index in [2.05, 4.69) is 15.0 Å². The molecule has 138 valence electrons. The average Bonchev–Trinajstić information content (AvgIpc) is 3.38. The molecule has 1 saturated carbocycles. The summed E-state index contributed by atoms with van der Waals surface area (Å²) >= 11 is 1.45. The molecule has 0 aliphatic heterocycles. The van der Waals surface area contributed by atoms with Crippen molar-refractivity contribution in [1.29, 1.82) is 0 Å². The first kappa shape index (κ1) is 17.6. The number of aromatic nitrogens is 1. The van der Waals surface area contributed by atoms with E-state index in [0.29, 0.717) is 23.1 Å². The van der Waals surface area contributed by atoms with Crippen molar-refractivity contribution in [2.45, 2.75) is 29.7 Å². The van der Waals surface area contributed by atoms with Crippen LogP contribution in [0, 0.1) is 0 Å². The topological polar surface area (TPSA) is 81.4 Å². The summed E-state index contributed by atoms with van der Waals surface area (Å²) in [7, 11) is 1.31. The number of esters is 1. The molecule has 7 heteroatoms. The molecule has 2 heterocycles. The van der Waals surface area contributed by atoms with Crippen molar-refractivity contribution in [3.8, 4) is 0 Å². The van der Waals surface area contributed by atoms with E-state index < -0.39 is 5.97 Å². The largest absolute Gasteiger partial charge is 0.463 e. The Bertz CT molecular complexity index is 1010. The van der Waals surface area contributed by atoms with Gasteiger partial charge in [-0.15, -0.1) is 0 Å². The number of amides is 1. The first-order chi connectivity index (χ1) is 13.1. The third-order valence-corrected chi connectivity index (χ3v) is 5.19. The maximum atomic E-state index is 12.6.